The van der Waals surface area contributed by atoms with Gasteiger partial charge in [0.1, 0.15) is 0 Å². The van der Waals surface area contributed by atoms with Crippen molar-refractivity contribution in [3.8, 4) is 0 Å². The van der Waals surface area contributed by atoms with E-state index in [9.17, 15) is 4.79 Å². The Bertz CT molecular complexity index is 397. The maximum Gasteiger partial charge on any atom is 0.220 e. The average molecular weight is 248 g/mol. The Morgan fingerprint density at radius 3 is 2.44 bits per heavy atom. The van der Waals surface area contributed by atoms with Crippen LogP contribution in [0.2, 0.25) is 0 Å². The van der Waals surface area contributed by atoms with Crippen molar-refractivity contribution in [1.82, 2.24) is 5.32 Å². The second-order valence-corrected chi connectivity index (χ2v) is 5.01. The topological polar surface area (TPSA) is 55.1 Å². The third kappa shape index (κ3) is 4.06. The van der Waals surface area contributed by atoms with E-state index in [1.165, 1.54) is 0 Å². The zero-order valence-corrected chi connectivity index (χ0v) is 11.6. The molecular formula is C15H24N2O. The molecule has 0 unspecified atom stereocenters. The summed E-state index contributed by atoms with van der Waals surface area (Å²) in [5.41, 5.74) is 7.58. The first-order valence-electron chi connectivity index (χ1n) is 6.65. The van der Waals surface area contributed by atoms with Crippen LogP contribution in [0.1, 0.15) is 45.6 Å². The number of nitrogen functional groups attached to an aromatic ring is 1. The highest BCUT2D eigenvalue weighted by Gasteiger charge is 2.21. The lowest BCUT2D eigenvalue weighted by atomic mass is 9.95. The smallest absolute Gasteiger partial charge is 0.220 e. The summed E-state index contributed by atoms with van der Waals surface area (Å²) < 4.78 is 0. The predicted octanol–water partition coefficient (Wildman–Crippen LogP) is 2.90. The van der Waals surface area contributed by atoms with Crippen LogP contribution in [0.25, 0.3) is 0 Å². The van der Waals surface area contributed by atoms with Gasteiger partial charge in [-0.05, 0) is 37.8 Å². The average Bonchev–Trinajstić information content (AvgIpc) is 2.37. The molecule has 1 rings (SSSR count). The second-order valence-electron chi connectivity index (χ2n) is 5.01. The van der Waals surface area contributed by atoms with Crippen LogP contribution >= 0.6 is 0 Å². The van der Waals surface area contributed by atoms with Crippen LogP contribution in [-0.4, -0.2) is 11.4 Å². The monoisotopic (exact) mass is 248 g/mol. The van der Waals surface area contributed by atoms with Crippen LogP contribution in [0.3, 0.4) is 0 Å². The molecule has 0 saturated heterocycles. The number of carbonyl (C=O) groups excluding carboxylic acids is 1. The van der Waals surface area contributed by atoms with E-state index in [-0.39, 0.29) is 11.4 Å². The highest BCUT2D eigenvalue weighted by Crippen LogP contribution is 2.15. The lowest BCUT2D eigenvalue weighted by Gasteiger charge is -2.28. The Morgan fingerprint density at radius 1 is 1.28 bits per heavy atom. The molecule has 3 nitrogen and oxygen atoms in total. The van der Waals surface area contributed by atoms with E-state index in [4.69, 9.17) is 5.73 Å². The van der Waals surface area contributed by atoms with E-state index < -0.39 is 0 Å². The summed E-state index contributed by atoms with van der Waals surface area (Å²) >= 11 is 0. The first-order valence-corrected chi connectivity index (χ1v) is 6.65. The number of hydrogen-bond acceptors (Lipinski definition) is 2. The molecule has 18 heavy (non-hydrogen) atoms. The maximum atomic E-state index is 11.9. The van der Waals surface area contributed by atoms with Crippen molar-refractivity contribution in [2.24, 2.45) is 0 Å². The molecular weight excluding hydrogens is 224 g/mol. The van der Waals surface area contributed by atoms with Gasteiger partial charge in [0, 0.05) is 17.6 Å². The summed E-state index contributed by atoms with van der Waals surface area (Å²) in [4.78, 5) is 11.9. The fourth-order valence-electron chi connectivity index (χ4n) is 1.84. The fourth-order valence-corrected chi connectivity index (χ4v) is 1.84. The molecule has 0 bridgehead atoms. The number of anilines is 1. The number of benzene rings is 1. The van der Waals surface area contributed by atoms with Crippen LogP contribution < -0.4 is 11.1 Å². The molecule has 0 atom stereocenters. The fraction of sp³-hybridized carbons (Fsp3) is 0.533. The Morgan fingerprint density at radius 2 is 1.89 bits per heavy atom. The van der Waals surface area contributed by atoms with Crippen LogP contribution in [0.15, 0.2) is 24.3 Å². The molecule has 0 saturated carbocycles. The van der Waals surface area contributed by atoms with E-state index in [0.717, 1.165) is 24.1 Å². The van der Waals surface area contributed by atoms with Gasteiger partial charge in [0.25, 0.3) is 0 Å². The van der Waals surface area contributed by atoms with Gasteiger partial charge in [-0.3, -0.25) is 4.79 Å². The number of aryl methyl sites for hydroxylation is 1. The van der Waals surface area contributed by atoms with Gasteiger partial charge in [-0.2, -0.15) is 0 Å². The van der Waals surface area contributed by atoms with E-state index in [2.05, 4.69) is 26.1 Å². The van der Waals surface area contributed by atoms with Crippen molar-refractivity contribution in [1.29, 1.82) is 0 Å². The minimum absolute atomic E-state index is 0.0840. The van der Waals surface area contributed by atoms with Crippen LogP contribution in [0.4, 0.5) is 5.69 Å². The van der Waals surface area contributed by atoms with Crippen LogP contribution in [0, 0.1) is 0 Å². The van der Waals surface area contributed by atoms with Gasteiger partial charge in [0.05, 0.1) is 0 Å². The molecule has 3 N–H and O–H groups in total. The van der Waals surface area contributed by atoms with Gasteiger partial charge in [-0.1, -0.05) is 32.0 Å². The van der Waals surface area contributed by atoms with E-state index in [0.29, 0.717) is 12.8 Å². The van der Waals surface area contributed by atoms with Gasteiger partial charge in [-0.15, -0.1) is 0 Å². The SMILES string of the molecule is CCC(C)(CC)NC(=O)CCc1ccccc1N. The summed E-state index contributed by atoms with van der Waals surface area (Å²) in [6, 6.07) is 7.70. The van der Waals surface area contributed by atoms with Crippen molar-refractivity contribution in [2.75, 3.05) is 5.73 Å². The molecule has 0 aromatic heterocycles. The van der Waals surface area contributed by atoms with Gasteiger partial charge in [0.15, 0.2) is 0 Å². The predicted molar refractivity (Wildman–Crippen MR) is 76.3 cm³/mol. The summed E-state index contributed by atoms with van der Waals surface area (Å²) in [7, 11) is 0. The van der Waals surface area contributed by atoms with Gasteiger partial charge < -0.3 is 11.1 Å². The third-order valence-corrected chi connectivity index (χ3v) is 3.68. The van der Waals surface area contributed by atoms with E-state index in [1.807, 2.05) is 24.3 Å². The Hall–Kier alpha value is -1.51. The van der Waals surface area contributed by atoms with Crippen molar-refractivity contribution < 1.29 is 4.79 Å². The first kappa shape index (κ1) is 14.6. The molecule has 100 valence electrons. The third-order valence-electron chi connectivity index (χ3n) is 3.68. The summed E-state index contributed by atoms with van der Waals surface area (Å²) in [6.07, 6.45) is 3.08. The number of para-hydroxylation sites is 1. The number of amides is 1. The standard InChI is InChI=1S/C15H24N2O/c1-4-15(3,5-2)17-14(18)11-10-12-8-6-7-9-13(12)16/h6-9H,4-5,10-11,16H2,1-3H3,(H,17,18). The van der Waals surface area contributed by atoms with Crippen LogP contribution in [0.5, 0.6) is 0 Å². The van der Waals surface area contributed by atoms with E-state index in [1.54, 1.807) is 0 Å². The van der Waals surface area contributed by atoms with Gasteiger partial charge >= 0.3 is 0 Å². The molecule has 0 fully saturated rings. The summed E-state index contributed by atoms with van der Waals surface area (Å²) in [5, 5.41) is 3.10. The lowest BCUT2D eigenvalue weighted by molar-refractivity contribution is -0.122. The minimum Gasteiger partial charge on any atom is -0.399 e. The Kier molecular flexibility index (Phi) is 5.20. The quantitative estimate of drug-likeness (QED) is 0.761. The van der Waals surface area contributed by atoms with Gasteiger partial charge in [-0.25, -0.2) is 0 Å². The van der Waals surface area contributed by atoms with Crippen molar-refractivity contribution >= 4 is 11.6 Å². The number of nitrogens with one attached hydrogen (secondary N) is 1. The molecule has 3 heteroatoms. The zero-order valence-electron chi connectivity index (χ0n) is 11.6. The highest BCUT2D eigenvalue weighted by atomic mass is 16.1. The second kappa shape index (κ2) is 6.43. The highest BCUT2D eigenvalue weighted by molar-refractivity contribution is 5.77. The van der Waals surface area contributed by atoms with Crippen molar-refractivity contribution in [2.45, 2.75) is 52.0 Å². The van der Waals surface area contributed by atoms with Gasteiger partial charge in [0.2, 0.25) is 5.91 Å². The summed E-state index contributed by atoms with van der Waals surface area (Å²) in [6.45, 7) is 6.28. The molecule has 0 aliphatic carbocycles. The summed E-state index contributed by atoms with van der Waals surface area (Å²) in [5.74, 6) is 0.101. The molecule has 1 aromatic carbocycles. The molecule has 1 amide bonds. The normalized spacial score (nSPS) is 11.3. The molecule has 0 aliphatic rings. The number of carbonyl (C=O) groups is 1. The molecule has 0 spiro atoms. The first-order chi connectivity index (χ1) is 8.50. The number of rotatable bonds is 6. The minimum atomic E-state index is -0.0840. The molecule has 0 radical (unpaired) electrons. The molecule has 0 heterocycles. The molecule has 1 aromatic rings. The Balaban J connectivity index is 2.50. The van der Waals surface area contributed by atoms with Crippen molar-refractivity contribution in [3.05, 3.63) is 29.8 Å². The number of nitrogens with two attached hydrogens (primary N) is 1. The molecule has 0 aliphatic heterocycles. The largest absolute Gasteiger partial charge is 0.399 e. The van der Waals surface area contributed by atoms with Crippen molar-refractivity contribution in [3.63, 3.8) is 0 Å². The maximum absolute atomic E-state index is 11.9. The zero-order chi connectivity index (χ0) is 13.6. The van der Waals surface area contributed by atoms with E-state index >= 15 is 0 Å². The van der Waals surface area contributed by atoms with Crippen LogP contribution in [-0.2, 0) is 11.2 Å². The lowest BCUT2D eigenvalue weighted by Crippen LogP contribution is -2.45. The number of hydrogen-bond donors (Lipinski definition) is 2. The Labute approximate surface area is 110 Å².